The fourth-order valence-corrected chi connectivity index (χ4v) is 3.66. The molecule has 2 amide bonds. The first-order valence-electron chi connectivity index (χ1n) is 10.8. The van der Waals surface area contributed by atoms with Gasteiger partial charge in [-0.25, -0.2) is 5.43 Å². The van der Waals surface area contributed by atoms with Gasteiger partial charge in [-0.15, -0.1) is 0 Å². The Bertz CT molecular complexity index is 1210. The molecule has 0 aliphatic rings. The maximum atomic E-state index is 12.1. The molecule has 0 fully saturated rings. The number of nitrogens with one attached hydrogen (secondary N) is 2. The molecule has 3 aromatic rings. The summed E-state index contributed by atoms with van der Waals surface area (Å²) in [4.78, 5) is 24.2. The molecule has 0 radical (unpaired) electrons. The number of hydrazone groups is 1. The van der Waals surface area contributed by atoms with Gasteiger partial charge in [0.25, 0.3) is 0 Å². The third-order valence-electron chi connectivity index (χ3n) is 4.89. The van der Waals surface area contributed by atoms with Crippen molar-refractivity contribution in [2.45, 2.75) is 20.5 Å². The summed E-state index contributed by atoms with van der Waals surface area (Å²) >= 11 is 3.50. The van der Waals surface area contributed by atoms with Gasteiger partial charge in [0, 0.05) is 5.69 Å². The maximum absolute atomic E-state index is 12.1. The van der Waals surface area contributed by atoms with E-state index < -0.39 is 11.8 Å². The lowest BCUT2D eigenvalue weighted by atomic mass is 10.1. The Morgan fingerprint density at radius 3 is 2.46 bits per heavy atom. The summed E-state index contributed by atoms with van der Waals surface area (Å²) < 4.78 is 17.5. The summed E-state index contributed by atoms with van der Waals surface area (Å²) in [6, 6.07) is 18.2. The second kappa shape index (κ2) is 12.6. The standard InChI is InChI=1S/C26H26BrN3O5/c1-4-34-21-11-9-20(10-12-21)29-25(31)26(32)30-28-15-18-13-22(27)24(23(14-18)33-3)35-16-19-8-6-5-7-17(19)2/h5-15H,4,16H2,1-3H3,(H,29,31)(H,30,32)/b28-15+. The van der Waals surface area contributed by atoms with E-state index in [1.54, 1.807) is 36.4 Å². The van der Waals surface area contributed by atoms with Crippen molar-refractivity contribution in [3.63, 3.8) is 0 Å². The molecular weight excluding hydrogens is 514 g/mol. The minimum absolute atomic E-state index is 0.384. The van der Waals surface area contributed by atoms with Gasteiger partial charge in [0.1, 0.15) is 12.4 Å². The number of hydrogen-bond acceptors (Lipinski definition) is 6. The van der Waals surface area contributed by atoms with Crippen LogP contribution in [0, 0.1) is 6.92 Å². The highest BCUT2D eigenvalue weighted by Crippen LogP contribution is 2.37. The van der Waals surface area contributed by atoms with Crippen LogP contribution in [-0.2, 0) is 16.2 Å². The molecule has 0 aromatic heterocycles. The van der Waals surface area contributed by atoms with E-state index in [1.165, 1.54) is 13.3 Å². The average Bonchev–Trinajstić information content (AvgIpc) is 2.85. The molecule has 9 heteroatoms. The molecule has 3 rings (SSSR count). The number of carbonyl (C=O) groups excluding carboxylic acids is 2. The molecule has 2 N–H and O–H groups in total. The number of benzene rings is 3. The molecule has 35 heavy (non-hydrogen) atoms. The molecular formula is C26H26BrN3O5. The van der Waals surface area contributed by atoms with E-state index in [1.807, 2.05) is 38.1 Å². The van der Waals surface area contributed by atoms with Gasteiger partial charge in [-0.3, -0.25) is 9.59 Å². The number of anilines is 1. The Kier molecular flexibility index (Phi) is 9.25. The van der Waals surface area contributed by atoms with Crippen LogP contribution < -0.4 is 25.0 Å². The predicted molar refractivity (Wildman–Crippen MR) is 138 cm³/mol. The second-order valence-corrected chi connectivity index (χ2v) is 8.21. The molecule has 3 aromatic carbocycles. The number of nitrogens with zero attached hydrogens (tertiary/aromatic N) is 1. The van der Waals surface area contributed by atoms with Crippen molar-refractivity contribution >= 4 is 39.6 Å². The van der Waals surface area contributed by atoms with Crippen molar-refractivity contribution in [2.75, 3.05) is 19.0 Å². The first-order valence-corrected chi connectivity index (χ1v) is 11.6. The van der Waals surface area contributed by atoms with Crippen LogP contribution in [0.25, 0.3) is 0 Å². The summed E-state index contributed by atoms with van der Waals surface area (Å²) in [5.41, 5.74) is 5.51. The SMILES string of the molecule is CCOc1ccc(NC(=O)C(=O)N/N=C/c2cc(Br)c(OCc3ccccc3C)c(OC)c2)cc1. The number of aryl methyl sites for hydroxylation is 1. The summed E-state index contributed by atoms with van der Waals surface area (Å²) in [6.45, 7) is 4.83. The fraction of sp³-hybridized carbons (Fsp3) is 0.192. The Morgan fingerprint density at radius 2 is 1.77 bits per heavy atom. The highest BCUT2D eigenvalue weighted by atomic mass is 79.9. The first-order chi connectivity index (χ1) is 16.9. The molecule has 0 heterocycles. The van der Waals surface area contributed by atoms with Crippen LogP contribution in [0.2, 0.25) is 0 Å². The normalized spacial score (nSPS) is 10.6. The number of ether oxygens (including phenoxy) is 3. The Labute approximate surface area is 212 Å². The number of carbonyl (C=O) groups is 2. The zero-order chi connectivity index (χ0) is 25.2. The summed E-state index contributed by atoms with van der Waals surface area (Å²) in [5, 5.41) is 6.37. The third kappa shape index (κ3) is 7.31. The minimum Gasteiger partial charge on any atom is -0.494 e. The fourth-order valence-electron chi connectivity index (χ4n) is 3.08. The van der Waals surface area contributed by atoms with E-state index in [9.17, 15) is 9.59 Å². The van der Waals surface area contributed by atoms with Crippen LogP contribution in [0.3, 0.4) is 0 Å². The van der Waals surface area contributed by atoms with E-state index in [-0.39, 0.29) is 0 Å². The van der Waals surface area contributed by atoms with Gasteiger partial charge in [0.05, 0.1) is 24.4 Å². The molecule has 0 spiro atoms. The van der Waals surface area contributed by atoms with Crippen LogP contribution in [0.5, 0.6) is 17.2 Å². The largest absolute Gasteiger partial charge is 0.494 e. The molecule has 8 nitrogen and oxygen atoms in total. The Morgan fingerprint density at radius 1 is 1.03 bits per heavy atom. The van der Waals surface area contributed by atoms with E-state index in [2.05, 4.69) is 31.8 Å². The quantitative estimate of drug-likeness (QED) is 0.230. The topological polar surface area (TPSA) is 98.2 Å². The van der Waals surface area contributed by atoms with Crippen molar-refractivity contribution in [1.82, 2.24) is 5.43 Å². The smallest absolute Gasteiger partial charge is 0.329 e. The van der Waals surface area contributed by atoms with Gasteiger partial charge in [-0.1, -0.05) is 24.3 Å². The molecule has 0 atom stereocenters. The Hall–Kier alpha value is -3.85. The predicted octanol–water partition coefficient (Wildman–Crippen LogP) is 4.83. The van der Waals surface area contributed by atoms with Crippen molar-refractivity contribution < 1.29 is 23.8 Å². The van der Waals surface area contributed by atoms with E-state index >= 15 is 0 Å². The second-order valence-electron chi connectivity index (χ2n) is 7.36. The van der Waals surface area contributed by atoms with Crippen LogP contribution in [0.1, 0.15) is 23.6 Å². The van der Waals surface area contributed by atoms with Crippen LogP contribution in [0.4, 0.5) is 5.69 Å². The zero-order valence-corrected chi connectivity index (χ0v) is 21.2. The highest BCUT2D eigenvalue weighted by molar-refractivity contribution is 9.10. The Balaban J connectivity index is 1.59. The molecule has 182 valence electrons. The van der Waals surface area contributed by atoms with Crippen LogP contribution in [-0.4, -0.2) is 31.7 Å². The number of methoxy groups -OCH3 is 1. The lowest BCUT2D eigenvalue weighted by Crippen LogP contribution is -2.32. The van der Waals surface area contributed by atoms with Gasteiger partial charge in [-0.05, 0) is 82.9 Å². The van der Waals surface area contributed by atoms with E-state index in [0.29, 0.717) is 46.2 Å². The van der Waals surface area contributed by atoms with Crippen molar-refractivity contribution in [1.29, 1.82) is 0 Å². The number of halogens is 1. The van der Waals surface area contributed by atoms with Gasteiger partial charge in [-0.2, -0.15) is 5.10 Å². The number of rotatable bonds is 9. The zero-order valence-electron chi connectivity index (χ0n) is 19.6. The highest BCUT2D eigenvalue weighted by Gasteiger charge is 2.14. The lowest BCUT2D eigenvalue weighted by Gasteiger charge is -2.14. The summed E-state index contributed by atoms with van der Waals surface area (Å²) in [7, 11) is 1.54. The van der Waals surface area contributed by atoms with Crippen molar-refractivity contribution in [3.05, 3.63) is 81.8 Å². The molecule has 0 unspecified atom stereocenters. The molecule has 0 bridgehead atoms. The molecule has 0 saturated carbocycles. The monoisotopic (exact) mass is 539 g/mol. The average molecular weight is 540 g/mol. The molecule has 0 saturated heterocycles. The number of hydrogen-bond donors (Lipinski definition) is 2. The molecule has 0 aliphatic heterocycles. The maximum Gasteiger partial charge on any atom is 0.329 e. The van der Waals surface area contributed by atoms with Gasteiger partial charge in [0.15, 0.2) is 11.5 Å². The lowest BCUT2D eigenvalue weighted by molar-refractivity contribution is -0.136. The van der Waals surface area contributed by atoms with Gasteiger partial charge < -0.3 is 19.5 Å². The third-order valence-corrected chi connectivity index (χ3v) is 5.48. The summed E-state index contributed by atoms with van der Waals surface area (Å²) in [5.74, 6) is -0.0299. The van der Waals surface area contributed by atoms with Crippen molar-refractivity contribution in [3.8, 4) is 17.2 Å². The van der Waals surface area contributed by atoms with Crippen LogP contribution >= 0.6 is 15.9 Å². The minimum atomic E-state index is -0.903. The van der Waals surface area contributed by atoms with Crippen LogP contribution in [0.15, 0.2) is 70.2 Å². The van der Waals surface area contributed by atoms with E-state index in [0.717, 1.165) is 11.1 Å². The van der Waals surface area contributed by atoms with Gasteiger partial charge in [0.2, 0.25) is 0 Å². The van der Waals surface area contributed by atoms with E-state index in [4.69, 9.17) is 14.2 Å². The number of amides is 2. The van der Waals surface area contributed by atoms with Crippen molar-refractivity contribution in [2.24, 2.45) is 5.10 Å². The van der Waals surface area contributed by atoms with Gasteiger partial charge >= 0.3 is 11.8 Å². The summed E-state index contributed by atoms with van der Waals surface area (Å²) in [6.07, 6.45) is 1.40. The molecule has 0 aliphatic carbocycles. The first kappa shape index (κ1) is 25.8.